The van der Waals surface area contributed by atoms with Gasteiger partial charge in [0.1, 0.15) is 19.8 Å². The van der Waals surface area contributed by atoms with E-state index in [0.717, 1.165) is 19.3 Å². The van der Waals surface area contributed by atoms with Gasteiger partial charge in [-0.15, -0.1) is 0 Å². The van der Waals surface area contributed by atoms with E-state index in [1.165, 1.54) is 57.8 Å². The predicted molar refractivity (Wildman–Crippen MR) is 124 cm³/mol. The molecule has 5 nitrogen and oxygen atoms in total. The largest absolute Gasteiger partial charge is 0.464 e. The van der Waals surface area contributed by atoms with Crippen molar-refractivity contribution in [3.63, 3.8) is 0 Å². The second kappa shape index (κ2) is 19.0. The minimum Gasteiger partial charge on any atom is -0.464 e. The zero-order valence-electron chi connectivity index (χ0n) is 21.0. The molecule has 0 spiro atoms. The smallest absolute Gasteiger partial charge is 0.332 e. The first kappa shape index (κ1) is 31.8. The van der Waals surface area contributed by atoms with E-state index < -0.39 is 66.4 Å². The summed E-state index contributed by atoms with van der Waals surface area (Å²) < 4.78 is 80.5. The molecule has 0 saturated carbocycles. The van der Waals surface area contributed by atoms with Gasteiger partial charge in [-0.1, -0.05) is 84.0 Å². The van der Waals surface area contributed by atoms with Gasteiger partial charge in [0.2, 0.25) is 5.82 Å². The second-order valence-electron chi connectivity index (χ2n) is 8.67. The van der Waals surface area contributed by atoms with Crippen LogP contribution in [0.4, 0.5) is 22.0 Å². The van der Waals surface area contributed by atoms with E-state index >= 15 is 0 Å². The maximum Gasteiger partial charge on any atom is 0.332 e. The van der Waals surface area contributed by atoms with Gasteiger partial charge in [-0.25, -0.2) is 31.5 Å². The summed E-state index contributed by atoms with van der Waals surface area (Å²) in [6.45, 7) is -0.0443. The summed E-state index contributed by atoms with van der Waals surface area (Å²) in [6, 6.07) is 0. The van der Waals surface area contributed by atoms with Gasteiger partial charge in [-0.05, 0) is 6.42 Å². The van der Waals surface area contributed by atoms with Crippen molar-refractivity contribution >= 4 is 11.9 Å². The highest BCUT2D eigenvalue weighted by molar-refractivity contribution is 5.73. The van der Waals surface area contributed by atoms with Crippen molar-refractivity contribution in [1.82, 2.24) is 0 Å². The normalized spacial score (nSPS) is 11.1. The van der Waals surface area contributed by atoms with Gasteiger partial charge in [-0.2, -0.15) is 0 Å². The zero-order valence-corrected chi connectivity index (χ0v) is 21.0. The fourth-order valence-electron chi connectivity index (χ4n) is 3.54. The average molecular weight is 525 g/mol. The highest BCUT2D eigenvalue weighted by Crippen LogP contribution is 2.23. The molecule has 0 bridgehead atoms. The van der Waals surface area contributed by atoms with Crippen molar-refractivity contribution in [2.75, 3.05) is 19.8 Å². The Morgan fingerprint density at radius 1 is 0.556 bits per heavy atom. The molecule has 0 saturated heterocycles. The second-order valence-corrected chi connectivity index (χ2v) is 8.67. The molecule has 1 aromatic rings. The monoisotopic (exact) mass is 524 g/mol. The Morgan fingerprint density at radius 3 is 1.42 bits per heavy atom. The van der Waals surface area contributed by atoms with Crippen molar-refractivity contribution < 1.29 is 45.8 Å². The van der Waals surface area contributed by atoms with Crippen LogP contribution in [0.3, 0.4) is 0 Å². The molecule has 0 aromatic heterocycles. The Hall–Kier alpha value is -2.23. The minimum atomic E-state index is -2.30. The molecular weight excluding hydrogens is 487 g/mol. The van der Waals surface area contributed by atoms with E-state index in [0.29, 0.717) is 6.42 Å². The predicted octanol–water partition coefficient (Wildman–Crippen LogP) is 7.08. The average Bonchev–Trinajstić information content (AvgIpc) is 2.86. The van der Waals surface area contributed by atoms with Crippen molar-refractivity contribution in [1.29, 1.82) is 0 Å². The van der Waals surface area contributed by atoms with Crippen LogP contribution in [0, 0.1) is 29.1 Å². The van der Waals surface area contributed by atoms with Crippen molar-refractivity contribution in [3.8, 4) is 0 Å². The number of carbonyl (C=O) groups excluding carboxylic acids is 2. The first-order chi connectivity index (χ1) is 17.3. The molecule has 0 fully saturated rings. The Morgan fingerprint density at radius 2 is 0.944 bits per heavy atom. The molecule has 0 radical (unpaired) electrons. The van der Waals surface area contributed by atoms with Crippen LogP contribution in [-0.4, -0.2) is 31.8 Å². The van der Waals surface area contributed by atoms with Gasteiger partial charge in [-0.3, -0.25) is 0 Å². The van der Waals surface area contributed by atoms with Gasteiger partial charge in [0.05, 0.1) is 12.2 Å². The molecule has 0 unspecified atom stereocenters. The number of rotatable bonds is 20. The Kier molecular flexibility index (Phi) is 16.7. The number of hydrogen-bond donors (Lipinski definition) is 0. The summed E-state index contributed by atoms with van der Waals surface area (Å²) in [6.07, 6.45) is 15.6. The number of ether oxygens (including phenoxy) is 3. The maximum absolute atomic E-state index is 13.5. The van der Waals surface area contributed by atoms with Crippen molar-refractivity contribution in [2.24, 2.45) is 0 Å². The fraction of sp³-hybridized carbons (Fsp3) is 0.692. The summed E-state index contributed by atoms with van der Waals surface area (Å²) in [4.78, 5) is 23.1. The molecule has 0 aliphatic carbocycles. The number of hydrogen-bond acceptors (Lipinski definition) is 5. The SMILES string of the molecule is CCCCCCCCCCCCCCCOC(=O)COCC(=O)OCc1c(F)c(F)c(F)c(F)c1F. The number of halogens is 5. The summed E-state index contributed by atoms with van der Waals surface area (Å²) in [5, 5.41) is 0. The van der Waals surface area contributed by atoms with E-state index in [4.69, 9.17) is 9.47 Å². The molecule has 10 heteroatoms. The summed E-state index contributed by atoms with van der Waals surface area (Å²) in [5.74, 6) is -12.6. The molecule has 0 aliphatic heterocycles. The minimum absolute atomic E-state index is 0.227. The van der Waals surface area contributed by atoms with Crippen LogP contribution in [-0.2, 0) is 30.4 Å². The maximum atomic E-state index is 13.5. The van der Waals surface area contributed by atoms with Gasteiger partial charge in [0.25, 0.3) is 0 Å². The quantitative estimate of drug-likeness (QED) is 0.0600. The van der Waals surface area contributed by atoms with Crippen molar-refractivity contribution in [2.45, 2.75) is 97.0 Å². The molecule has 0 N–H and O–H groups in total. The Bertz CT molecular complexity index is 774. The van der Waals surface area contributed by atoms with Gasteiger partial charge in [0, 0.05) is 0 Å². The third-order valence-corrected chi connectivity index (χ3v) is 5.63. The lowest BCUT2D eigenvalue weighted by molar-refractivity contribution is -0.156. The van der Waals surface area contributed by atoms with Gasteiger partial charge >= 0.3 is 11.9 Å². The molecule has 36 heavy (non-hydrogen) atoms. The molecule has 1 aromatic carbocycles. The van der Waals surface area contributed by atoms with Gasteiger partial charge in [0.15, 0.2) is 23.3 Å². The van der Waals surface area contributed by atoms with E-state index in [-0.39, 0.29) is 6.61 Å². The summed E-state index contributed by atoms with van der Waals surface area (Å²) in [7, 11) is 0. The number of unbranched alkanes of at least 4 members (excludes halogenated alkanes) is 12. The molecule has 1 rings (SSSR count). The van der Waals surface area contributed by atoms with Crippen LogP contribution < -0.4 is 0 Å². The van der Waals surface area contributed by atoms with E-state index in [2.05, 4.69) is 11.7 Å². The zero-order chi connectivity index (χ0) is 26.8. The van der Waals surface area contributed by atoms with E-state index in [1.807, 2.05) is 0 Å². The summed E-state index contributed by atoms with van der Waals surface area (Å²) in [5.41, 5.74) is -1.28. The molecule has 0 atom stereocenters. The molecule has 206 valence electrons. The molecule has 0 aliphatic rings. The molecule has 0 heterocycles. The topological polar surface area (TPSA) is 61.8 Å². The van der Waals surface area contributed by atoms with Crippen LogP contribution in [0.15, 0.2) is 0 Å². The van der Waals surface area contributed by atoms with Gasteiger partial charge < -0.3 is 14.2 Å². The van der Waals surface area contributed by atoms with Crippen LogP contribution in [0.1, 0.15) is 96.0 Å². The first-order valence-electron chi connectivity index (χ1n) is 12.7. The number of carbonyl (C=O) groups is 2. The highest BCUT2D eigenvalue weighted by atomic mass is 19.2. The van der Waals surface area contributed by atoms with Crippen molar-refractivity contribution in [3.05, 3.63) is 34.6 Å². The third-order valence-electron chi connectivity index (χ3n) is 5.63. The lowest BCUT2D eigenvalue weighted by Crippen LogP contribution is -2.19. The lowest BCUT2D eigenvalue weighted by atomic mass is 10.0. The molecule has 0 amide bonds. The Labute approximate surface area is 209 Å². The standard InChI is InChI=1S/C26H37F5O5/c1-2-3-4-5-6-7-8-9-10-11-12-13-14-15-35-20(32)17-34-18-21(33)36-16-19-22(27)24(29)26(31)25(30)23(19)28/h2-18H2,1H3. The highest BCUT2D eigenvalue weighted by Gasteiger charge is 2.26. The van der Waals surface area contributed by atoms with Crippen LogP contribution in [0.2, 0.25) is 0 Å². The number of esters is 2. The number of benzene rings is 1. The van der Waals surface area contributed by atoms with E-state index in [9.17, 15) is 31.5 Å². The fourth-order valence-corrected chi connectivity index (χ4v) is 3.54. The first-order valence-corrected chi connectivity index (χ1v) is 12.7. The Balaban J connectivity index is 2.02. The van der Waals surface area contributed by atoms with E-state index in [1.54, 1.807) is 0 Å². The summed E-state index contributed by atoms with van der Waals surface area (Å²) >= 11 is 0. The van der Waals surface area contributed by atoms with Crippen LogP contribution in [0.5, 0.6) is 0 Å². The lowest BCUT2D eigenvalue weighted by Gasteiger charge is -2.09. The van der Waals surface area contributed by atoms with Crippen LogP contribution >= 0.6 is 0 Å². The molecular formula is C26H37F5O5. The van der Waals surface area contributed by atoms with Crippen LogP contribution in [0.25, 0.3) is 0 Å². The third kappa shape index (κ3) is 12.6.